The van der Waals surface area contributed by atoms with Crippen LogP contribution < -0.4 is 15.4 Å². The van der Waals surface area contributed by atoms with Crippen molar-refractivity contribution >= 4 is 11.6 Å². The van der Waals surface area contributed by atoms with Crippen LogP contribution in [0.25, 0.3) is 0 Å². The number of hydrogen-bond donors (Lipinski definition) is 2. The molecule has 0 heterocycles. The Hall–Kier alpha value is -1.59. The first-order valence-electron chi connectivity index (χ1n) is 7.38. The molecule has 1 rings (SSSR count). The molecule has 1 aromatic carbocycles. The molecule has 0 aromatic heterocycles. The Morgan fingerprint density at radius 3 is 2.52 bits per heavy atom. The van der Waals surface area contributed by atoms with E-state index in [4.69, 9.17) is 9.47 Å². The predicted octanol–water partition coefficient (Wildman–Crippen LogP) is 2.43. The van der Waals surface area contributed by atoms with E-state index in [2.05, 4.69) is 10.6 Å². The SMILES string of the molecule is COCCCNCCC(=O)Nc1ccc(OC(C)C)cc1. The van der Waals surface area contributed by atoms with E-state index in [1.165, 1.54) is 0 Å². The van der Waals surface area contributed by atoms with Crippen LogP contribution in [-0.2, 0) is 9.53 Å². The predicted molar refractivity (Wildman–Crippen MR) is 84.8 cm³/mol. The van der Waals surface area contributed by atoms with Gasteiger partial charge in [0, 0.05) is 32.4 Å². The minimum atomic E-state index is 0.00627. The average molecular weight is 294 g/mol. The Bertz CT molecular complexity index is 404. The second-order valence-electron chi connectivity index (χ2n) is 5.09. The Balaban J connectivity index is 2.21. The van der Waals surface area contributed by atoms with E-state index < -0.39 is 0 Å². The quantitative estimate of drug-likeness (QED) is 0.651. The molecule has 1 amide bonds. The van der Waals surface area contributed by atoms with Crippen LogP contribution in [0.3, 0.4) is 0 Å². The number of hydrogen-bond acceptors (Lipinski definition) is 4. The lowest BCUT2D eigenvalue weighted by atomic mass is 10.3. The first-order chi connectivity index (χ1) is 10.1. The zero-order valence-corrected chi connectivity index (χ0v) is 13.1. The van der Waals surface area contributed by atoms with Gasteiger partial charge in [-0.1, -0.05) is 0 Å². The molecule has 0 aliphatic rings. The highest BCUT2D eigenvalue weighted by Gasteiger charge is 2.03. The van der Waals surface area contributed by atoms with E-state index in [1.807, 2.05) is 38.1 Å². The number of ether oxygens (including phenoxy) is 2. The Morgan fingerprint density at radius 1 is 1.19 bits per heavy atom. The third kappa shape index (κ3) is 8.32. The number of nitrogens with one attached hydrogen (secondary N) is 2. The summed E-state index contributed by atoms with van der Waals surface area (Å²) in [5, 5.41) is 6.07. The summed E-state index contributed by atoms with van der Waals surface area (Å²) < 4.78 is 10.5. The molecule has 118 valence electrons. The number of benzene rings is 1. The van der Waals surface area contributed by atoms with Gasteiger partial charge in [0.2, 0.25) is 5.91 Å². The molecule has 5 nitrogen and oxygen atoms in total. The standard InChI is InChI=1S/C16H26N2O3/c1-13(2)21-15-7-5-14(6-8-15)18-16(19)9-11-17-10-4-12-20-3/h5-8,13,17H,4,9-12H2,1-3H3,(H,18,19). The van der Waals surface area contributed by atoms with Crippen LogP contribution in [0, 0.1) is 0 Å². The van der Waals surface area contributed by atoms with Crippen molar-refractivity contribution in [1.82, 2.24) is 5.32 Å². The molecular weight excluding hydrogens is 268 g/mol. The molecule has 0 bridgehead atoms. The van der Waals surface area contributed by atoms with Gasteiger partial charge in [-0.2, -0.15) is 0 Å². The van der Waals surface area contributed by atoms with Crippen molar-refractivity contribution in [2.75, 3.05) is 32.1 Å². The molecule has 5 heteroatoms. The zero-order chi connectivity index (χ0) is 15.5. The van der Waals surface area contributed by atoms with Gasteiger partial charge in [0.25, 0.3) is 0 Å². The smallest absolute Gasteiger partial charge is 0.225 e. The Labute approximate surface area is 127 Å². The maximum Gasteiger partial charge on any atom is 0.225 e. The summed E-state index contributed by atoms with van der Waals surface area (Å²) in [7, 11) is 1.69. The highest BCUT2D eigenvalue weighted by molar-refractivity contribution is 5.90. The van der Waals surface area contributed by atoms with E-state index in [1.54, 1.807) is 7.11 Å². The van der Waals surface area contributed by atoms with Crippen molar-refractivity contribution in [2.24, 2.45) is 0 Å². The summed E-state index contributed by atoms with van der Waals surface area (Å²) in [6, 6.07) is 7.42. The van der Waals surface area contributed by atoms with Crippen molar-refractivity contribution in [3.63, 3.8) is 0 Å². The van der Waals surface area contributed by atoms with Crippen LogP contribution >= 0.6 is 0 Å². The maximum absolute atomic E-state index is 11.8. The number of anilines is 1. The van der Waals surface area contributed by atoms with E-state index in [0.717, 1.165) is 31.0 Å². The molecule has 2 N–H and O–H groups in total. The van der Waals surface area contributed by atoms with Crippen LogP contribution in [0.15, 0.2) is 24.3 Å². The van der Waals surface area contributed by atoms with E-state index >= 15 is 0 Å². The van der Waals surface area contributed by atoms with Gasteiger partial charge in [-0.25, -0.2) is 0 Å². The zero-order valence-electron chi connectivity index (χ0n) is 13.1. The molecule has 0 fully saturated rings. The van der Waals surface area contributed by atoms with Crippen LogP contribution in [0.1, 0.15) is 26.7 Å². The molecule has 1 aromatic rings. The Morgan fingerprint density at radius 2 is 1.90 bits per heavy atom. The van der Waals surface area contributed by atoms with Crippen LogP contribution in [0.2, 0.25) is 0 Å². The molecular formula is C16H26N2O3. The summed E-state index contributed by atoms with van der Waals surface area (Å²) in [6.07, 6.45) is 1.56. The molecule has 0 saturated heterocycles. The van der Waals surface area contributed by atoms with Crippen molar-refractivity contribution in [2.45, 2.75) is 32.8 Å². The van der Waals surface area contributed by atoms with Gasteiger partial charge >= 0.3 is 0 Å². The molecule has 0 radical (unpaired) electrons. The van der Waals surface area contributed by atoms with E-state index in [-0.39, 0.29) is 12.0 Å². The lowest BCUT2D eigenvalue weighted by Crippen LogP contribution is -2.23. The van der Waals surface area contributed by atoms with E-state index in [0.29, 0.717) is 13.0 Å². The summed E-state index contributed by atoms with van der Waals surface area (Å²) in [5.74, 6) is 0.814. The molecule has 0 unspecified atom stereocenters. The molecule has 0 aliphatic heterocycles. The summed E-state index contributed by atoms with van der Waals surface area (Å²) >= 11 is 0. The number of rotatable bonds is 10. The van der Waals surface area contributed by atoms with Crippen molar-refractivity contribution in [3.05, 3.63) is 24.3 Å². The maximum atomic E-state index is 11.8. The second-order valence-corrected chi connectivity index (χ2v) is 5.09. The van der Waals surface area contributed by atoms with Crippen molar-refractivity contribution in [3.8, 4) is 5.75 Å². The number of carbonyl (C=O) groups is 1. The molecule has 0 saturated carbocycles. The molecule has 0 atom stereocenters. The van der Waals surface area contributed by atoms with Crippen molar-refractivity contribution in [1.29, 1.82) is 0 Å². The minimum Gasteiger partial charge on any atom is -0.491 e. The highest BCUT2D eigenvalue weighted by atomic mass is 16.5. The lowest BCUT2D eigenvalue weighted by molar-refractivity contribution is -0.116. The van der Waals surface area contributed by atoms with Crippen LogP contribution in [-0.4, -0.2) is 38.8 Å². The average Bonchev–Trinajstić information content (AvgIpc) is 2.44. The van der Waals surface area contributed by atoms with Gasteiger partial charge in [-0.15, -0.1) is 0 Å². The fourth-order valence-electron chi connectivity index (χ4n) is 1.78. The highest BCUT2D eigenvalue weighted by Crippen LogP contribution is 2.16. The largest absolute Gasteiger partial charge is 0.491 e. The number of amides is 1. The molecule has 0 aliphatic carbocycles. The Kier molecular flexibility index (Phi) is 8.47. The normalized spacial score (nSPS) is 10.7. The number of carbonyl (C=O) groups excluding carboxylic acids is 1. The molecule has 21 heavy (non-hydrogen) atoms. The topological polar surface area (TPSA) is 59.6 Å². The van der Waals surface area contributed by atoms with Gasteiger partial charge in [0.1, 0.15) is 5.75 Å². The fraction of sp³-hybridized carbons (Fsp3) is 0.562. The van der Waals surface area contributed by atoms with Crippen LogP contribution in [0.4, 0.5) is 5.69 Å². The van der Waals surface area contributed by atoms with Gasteiger partial charge in [-0.05, 0) is 51.1 Å². The lowest BCUT2D eigenvalue weighted by Gasteiger charge is -2.10. The summed E-state index contributed by atoms with van der Waals surface area (Å²) in [4.78, 5) is 11.8. The van der Waals surface area contributed by atoms with E-state index in [9.17, 15) is 4.79 Å². The van der Waals surface area contributed by atoms with Crippen LogP contribution in [0.5, 0.6) is 5.75 Å². The summed E-state index contributed by atoms with van der Waals surface area (Å²) in [6.45, 7) is 6.24. The third-order valence-electron chi connectivity index (χ3n) is 2.74. The minimum absolute atomic E-state index is 0.00627. The van der Waals surface area contributed by atoms with Crippen molar-refractivity contribution < 1.29 is 14.3 Å². The molecule has 0 spiro atoms. The first kappa shape index (κ1) is 17.5. The number of methoxy groups -OCH3 is 1. The third-order valence-corrected chi connectivity index (χ3v) is 2.74. The van der Waals surface area contributed by atoms with Gasteiger partial charge in [0.05, 0.1) is 6.10 Å². The second kappa shape index (κ2) is 10.2. The van der Waals surface area contributed by atoms with Gasteiger partial charge in [0.15, 0.2) is 0 Å². The first-order valence-corrected chi connectivity index (χ1v) is 7.38. The van der Waals surface area contributed by atoms with Gasteiger partial charge in [-0.3, -0.25) is 4.79 Å². The van der Waals surface area contributed by atoms with Gasteiger partial charge < -0.3 is 20.1 Å². The fourth-order valence-corrected chi connectivity index (χ4v) is 1.78. The monoisotopic (exact) mass is 294 g/mol. The summed E-state index contributed by atoms with van der Waals surface area (Å²) in [5.41, 5.74) is 0.787.